The van der Waals surface area contributed by atoms with E-state index in [1.54, 1.807) is 27.3 Å². The van der Waals surface area contributed by atoms with Crippen molar-refractivity contribution in [1.82, 2.24) is 25.3 Å². The van der Waals surface area contributed by atoms with Gasteiger partial charge in [0.25, 0.3) is 5.91 Å². The molecule has 0 saturated heterocycles. The van der Waals surface area contributed by atoms with Crippen LogP contribution < -0.4 is 16.4 Å². The molecule has 0 aliphatic heterocycles. The molecule has 0 aliphatic rings. The lowest BCUT2D eigenvalue weighted by atomic mass is 10.3. The van der Waals surface area contributed by atoms with E-state index in [0.717, 1.165) is 0 Å². The Bertz CT molecular complexity index is 440. The summed E-state index contributed by atoms with van der Waals surface area (Å²) in [5.41, 5.74) is 6.13. The highest BCUT2D eigenvalue weighted by molar-refractivity contribution is 5.96. The van der Waals surface area contributed by atoms with Crippen molar-refractivity contribution in [3.8, 4) is 0 Å². The lowest BCUT2D eigenvalue weighted by Crippen LogP contribution is -2.39. The van der Waals surface area contributed by atoms with Gasteiger partial charge in [0.15, 0.2) is 5.69 Å². The maximum absolute atomic E-state index is 11.7. The molecule has 1 aromatic heterocycles. The molecule has 0 bridgehead atoms. The Kier molecular flexibility index (Phi) is 4.52. The molecule has 1 heterocycles. The van der Waals surface area contributed by atoms with Gasteiger partial charge in [0.1, 0.15) is 0 Å². The zero-order chi connectivity index (χ0) is 13.7. The molecule has 0 fully saturated rings. The Morgan fingerprint density at radius 1 is 1.39 bits per heavy atom. The van der Waals surface area contributed by atoms with Crippen LogP contribution in [0.3, 0.4) is 0 Å². The summed E-state index contributed by atoms with van der Waals surface area (Å²) in [6, 6.07) is -0.207. The summed E-state index contributed by atoms with van der Waals surface area (Å²) in [5.74, 6) is -0.354. The van der Waals surface area contributed by atoms with Gasteiger partial charge >= 0.3 is 6.03 Å². The van der Waals surface area contributed by atoms with Crippen molar-refractivity contribution in [3.63, 3.8) is 0 Å². The van der Waals surface area contributed by atoms with E-state index >= 15 is 0 Å². The second-order valence-electron chi connectivity index (χ2n) is 3.99. The Hall–Kier alpha value is -2.25. The van der Waals surface area contributed by atoms with Crippen LogP contribution in [0.1, 0.15) is 10.5 Å². The van der Waals surface area contributed by atoms with Gasteiger partial charge in [0.05, 0.1) is 5.69 Å². The van der Waals surface area contributed by atoms with Crippen LogP contribution in [0.15, 0.2) is 6.20 Å². The molecular weight excluding hydrogens is 236 g/mol. The monoisotopic (exact) mass is 254 g/mol. The number of nitrogens with zero attached hydrogens (tertiary/aromatic N) is 3. The second-order valence-corrected chi connectivity index (χ2v) is 3.99. The maximum Gasteiger partial charge on any atom is 0.316 e. The minimum atomic E-state index is -0.354. The van der Waals surface area contributed by atoms with Gasteiger partial charge in [-0.15, -0.1) is 0 Å². The number of amides is 3. The van der Waals surface area contributed by atoms with E-state index in [1.807, 2.05) is 0 Å². The summed E-state index contributed by atoms with van der Waals surface area (Å²) >= 11 is 0. The first-order valence-corrected chi connectivity index (χ1v) is 5.44. The number of carbonyl (C=O) groups is 2. The van der Waals surface area contributed by atoms with Crippen LogP contribution in [0.4, 0.5) is 10.5 Å². The third kappa shape index (κ3) is 3.65. The number of nitrogens with two attached hydrogens (primary N) is 1. The van der Waals surface area contributed by atoms with Crippen LogP contribution in [0.2, 0.25) is 0 Å². The van der Waals surface area contributed by atoms with E-state index in [2.05, 4.69) is 15.7 Å². The summed E-state index contributed by atoms with van der Waals surface area (Å²) in [6.07, 6.45) is 1.56. The summed E-state index contributed by atoms with van der Waals surface area (Å²) in [5, 5.41) is 9.18. The third-order valence-electron chi connectivity index (χ3n) is 2.17. The van der Waals surface area contributed by atoms with Crippen molar-refractivity contribution in [2.45, 2.75) is 0 Å². The highest BCUT2D eigenvalue weighted by atomic mass is 16.2. The normalized spacial score (nSPS) is 9.94. The predicted octanol–water partition coefficient (Wildman–Crippen LogP) is -0.997. The molecule has 0 spiro atoms. The number of nitrogens with one attached hydrogen (secondary N) is 2. The molecule has 4 N–H and O–H groups in total. The van der Waals surface area contributed by atoms with Crippen molar-refractivity contribution in [3.05, 3.63) is 11.9 Å². The SMILES string of the molecule is CN(C)C(=O)NCCNC(=O)c1nn(C)cc1N. The van der Waals surface area contributed by atoms with Crippen LogP contribution in [0.25, 0.3) is 0 Å². The Balaban J connectivity index is 2.34. The highest BCUT2D eigenvalue weighted by Crippen LogP contribution is 2.06. The Morgan fingerprint density at radius 2 is 2.00 bits per heavy atom. The molecule has 3 amide bonds. The average Bonchev–Trinajstić information content (AvgIpc) is 2.63. The van der Waals surface area contributed by atoms with Gasteiger partial charge in [-0.1, -0.05) is 0 Å². The van der Waals surface area contributed by atoms with Crippen molar-refractivity contribution in [2.24, 2.45) is 7.05 Å². The molecule has 0 radical (unpaired) electrons. The first-order chi connectivity index (χ1) is 8.41. The molecule has 18 heavy (non-hydrogen) atoms. The van der Waals surface area contributed by atoms with Crippen LogP contribution in [0, 0.1) is 0 Å². The summed E-state index contributed by atoms with van der Waals surface area (Å²) in [7, 11) is 4.97. The fourth-order valence-electron chi connectivity index (χ4n) is 1.27. The van der Waals surface area contributed by atoms with Gasteiger partial charge in [-0.25, -0.2) is 4.79 Å². The molecular formula is C10H18N6O2. The summed E-state index contributed by atoms with van der Waals surface area (Å²) in [4.78, 5) is 24.3. The molecule has 0 atom stereocenters. The van der Waals surface area contributed by atoms with Crippen LogP contribution in [-0.4, -0.2) is 53.8 Å². The van der Waals surface area contributed by atoms with E-state index in [4.69, 9.17) is 5.73 Å². The standard InChI is InChI=1S/C10H18N6O2/c1-15(2)10(18)13-5-4-12-9(17)8-7(11)6-16(3)14-8/h6H,4-5,11H2,1-3H3,(H,12,17)(H,13,18). The minimum absolute atomic E-state index is 0.191. The molecule has 0 saturated carbocycles. The molecule has 0 unspecified atom stereocenters. The molecule has 0 aromatic carbocycles. The highest BCUT2D eigenvalue weighted by Gasteiger charge is 2.13. The lowest BCUT2D eigenvalue weighted by molar-refractivity contribution is 0.0949. The van der Waals surface area contributed by atoms with Crippen LogP contribution in [-0.2, 0) is 7.05 Å². The topological polar surface area (TPSA) is 105 Å². The van der Waals surface area contributed by atoms with E-state index in [1.165, 1.54) is 9.58 Å². The van der Waals surface area contributed by atoms with Gasteiger partial charge in [-0.3, -0.25) is 9.48 Å². The van der Waals surface area contributed by atoms with Crippen molar-refractivity contribution >= 4 is 17.6 Å². The number of urea groups is 1. The number of nitrogen functional groups attached to an aromatic ring is 1. The summed E-state index contributed by atoms with van der Waals surface area (Å²) in [6.45, 7) is 0.657. The predicted molar refractivity (Wildman–Crippen MR) is 67.0 cm³/mol. The Labute approximate surface area is 105 Å². The van der Waals surface area contributed by atoms with E-state index in [9.17, 15) is 9.59 Å². The average molecular weight is 254 g/mol. The smallest absolute Gasteiger partial charge is 0.316 e. The molecule has 8 heteroatoms. The Morgan fingerprint density at radius 3 is 2.50 bits per heavy atom. The molecule has 0 aliphatic carbocycles. The summed E-state index contributed by atoms with van der Waals surface area (Å²) < 4.78 is 1.47. The zero-order valence-electron chi connectivity index (χ0n) is 10.7. The zero-order valence-corrected chi connectivity index (χ0v) is 10.7. The van der Waals surface area contributed by atoms with Gasteiger partial charge in [0.2, 0.25) is 0 Å². The first-order valence-electron chi connectivity index (χ1n) is 5.44. The van der Waals surface area contributed by atoms with Crippen LogP contribution >= 0.6 is 0 Å². The number of hydrogen-bond donors (Lipinski definition) is 3. The van der Waals surface area contributed by atoms with Crippen molar-refractivity contribution < 1.29 is 9.59 Å². The molecule has 8 nitrogen and oxygen atoms in total. The molecule has 100 valence electrons. The minimum Gasteiger partial charge on any atom is -0.396 e. The largest absolute Gasteiger partial charge is 0.396 e. The van der Waals surface area contributed by atoms with E-state index in [-0.39, 0.29) is 17.6 Å². The number of hydrogen-bond acceptors (Lipinski definition) is 4. The number of carbonyl (C=O) groups excluding carboxylic acids is 2. The number of aromatic nitrogens is 2. The van der Waals surface area contributed by atoms with Crippen molar-refractivity contribution in [2.75, 3.05) is 32.9 Å². The van der Waals surface area contributed by atoms with Gasteiger partial charge in [-0.2, -0.15) is 5.10 Å². The number of anilines is 1. The van der Waals surface area contributed by atoms with Crippen molar-refractivity contribution in [1.29, 1.82) is 0 Å². The van der Waals surface area contributed by atoms with E-state index in [0.29, 0.717) is 18.8 Å². The lowest BCUT2D eigenvalue weighted by Gasteiger charge is -2.11. The molecule has 1 aromatic rings. The second kappa shape index (κ2) is 5.89. The van der Waals surface area contributed by atoms with Gasteiger partial charge < -0.3 is 21.3 Å². The van der Waals surface area contributed by atoms with Gasteiger partial charge in [-0.05, 0) is 0 Å². The quantitative estimate of drug-likeness (QED) is 0.599. The fourth-order valence-corrected chi connectivity index (χ4v) is 1.27. The number of rotatable bonds is 4. The third-order valence-corrected chi connectivity index (χ3v) is 2.17. The van der Waals surface area contributed by atoms with Crippen LogP contribution in [0.5, 0.6) is 0 Å². The molecule has 1 rings (SSSR count). The maximum atomic E-state index is 11.7. The number of aryl methyl sites for hydroxylation is 1. The van der Waals surface area contributed by atoms with E-state index < -0.39 is 0 Å². The fraction of sp³-hybridized carbons (Fsp3) is 0.500. The first kappa shape index (κ1) is 13.8. The van der Waals surface area contributed by atoms with Gasteiger partial charge in [0, 0.05) is 40.4 Å².